The van der Waals surface area contributed by atoms with Gasteiger partial charge in [-0.25, -0.2) is 4.79 Å². The number of carbonyl (C=O) groups is 2. The number of thiocarbonyl (C=S) groups is 1. The summed E-state index contributed by atoms with van der Waals surface area (Å²) < 4.78 is 10.3. The van der Waals surface area contributed by atoms with Crippen molar-refractivity contribution in [2.45, 2.75) is 19.8 Å². The van der Waals surface area contributed by atoms with E-state index in [0.29, 0.717) is 43.6 Å². The first-order valence-electron chi connectivity index (χ1n) is 9.78. The molecule has 1 aromatic carbocycles. The van der Waals surface area contributed by atoms with Crippen LogP contribution >= 0.6 is 12.2 Å². The Morgan fingerprint density at radius 3 is 2.36 bits per heavy atom. The van der Waals surface area contributed by atoms with E-state index in [1.165, 1.54) is 0 Å². The van der Waals surface area contributed by atoms with Gasteiger partial charge in [-0.05, 0) is 56.2 Å². The number of hydrogen-bond donors (Lipinski definition) is 1. The van der Waals surface area contributed by atoms with E-state index in [-0.39, 0.29) is 17.8 Å². The van der Waals surface area contributed by atoms with E-state index >= 15 is 0 Å². The zero-order chi connectivity index (χ0) is 19.9. The van der Waals surface area contributed by atoms with Crippen LogP contribution in [0, 0.1) is 5.92 Å². The molecule has 1 N–H and O–H groups in total. The molecule has 1 amide bonds. The molecule has 0 spiro atoms. The standard InChI is InChI=1S/C20H27N3O4S/c1-2-27-19(25)16-3-5-17(6-4-16)21-20(28)23-9-7-15(8-10-23)18(24)22-11-13-26-14-12-22/h3-6,15H,2,7-14H2,1H3,(H,21,28). The lowest BCUT2D eigenvalue weighted by molar-refractivity contribution is -0.140. The van der Waals surface area contributed by atoms with Crippen LogP contribution in [0.5, 0.6) is 0 Å². The third-order valence-corrected chi connectivity index (χ3v) is 5.46. The molecule has 2 heterocycles. The number of likely N-dealkylation sites (tertiary alicyclic amines) is 1. The summed E-state index contributed by atoms with van der Waals surface area (Å²) in [7, 11) is 0. The predicted octanol–water partition coefficient (Wildman–Crippen LogP) is 2.13. The Balaban J connectivity index is 1.47. The second-order valence-corrected chi connectivity index (χ2v) is 7.31. The molecule has 2 fully saturated rings. The van der Waals surface area contributed by atoms with Gasteiger partial charge in [0.25, 0.3) is 0 Å². The number of nitrogens with zero attached hydrogens (tertiary/aromatic N) is 2. The topological polar surface area (TPSA) is 71.1 Å². The molecule has 0 unspecified atom stereocenters. The molecule has 3 rings (SSSR count). The molecule has 2 saturated heterocycles. The van der Waals surface area contributed by atoms with Gasteiger partial charge in [0.05, 0.1) is 25.4 Å². The first kappa shape index (κ1) is 20.5. The molecular weight excluding hydrogens is 378 g/mol. The number of ether oxygens (including phenoxy) is 2. The maximum Gasteiger partial charge on any atom is 0.338 e. The Bertz CT molecular complexity index is 696. The van der Waals surface area contributed by atoms with E-state index < -0.39 is 0 Å². The molecule has 0 bridgehead atoms. The molecule has 152 valence electrons. The fourth-order valence-electron chi connectivity index (χ4n) is 3.48. The van der Waals surface area contributed by atoms with Gasteiger partial charge in [-0.3, -0.25) is 4.79 Å². The van der Waals surface area contributed by atoms with Gasteiger partial charge in [-0.2, -0.15) is 0 Å². The Labute approximate surface area is 171 Å². The van der Waals surface area contributed by atoms with Crippen molar-refractivity contribution in [1.82, 2.24) is 9.80 Å². The predicted molar refractivity (Wildman–Crippen MR) is 110 cm³/mol. The Hall–Kier alpha value is -2.19. The number of piperidine rings is 1. The van der Waals surface area contributed by atoms with Crippen molar-refractivity contribution < 1.29 is 19.1 Å². The number of benzene rings is 1. The minimum Gasteiger partial charge on any atom is -0.462 e. The van der Waals surface area contributed by atoms with Crippen LogP contribution in [-0.2, 0) is 14.3 Å². The number of carbonyl (C=O) groups excluding carboxylic acids is 2. The van der Waals surface area contributed by atoms with Crippen LogP contribution in [0.2, 0.25) is 0 Å². The SMILES string of the molecule is CCOC(=O)c1ccc(NC(=S)N2CCC(C(=O)N3CCOCC3)CC2)cc1. The van der Waals surface area contributed by atoms with E-state index in [9.17, 15) is 9.59 Å². The number of hydrogen-bond acceptors (Lipinski definition) is 5. The molecule has 2 aliphatic heterocycles. The van der Waals surface area contributed by atoms with Crippen LogP contribution in [0.25, 0.3) is 0 Å². The first-order chi connectivity index (χ1) is 13.6. The maximum absolute atomic E-state index is 12.6. The lowest BCUT2D eigenvalue weighted by atomic mass is 9.95. The Morgan fingerprint density at radius 1 is 1.11 bits per heavy atom. The number of amides is 1. The zero-order valence-corrected chi connectivity index (χ0v) is 17.0. The van der Waals surface area contributed by atoms with Crippen LogP contribution in [0.15, 0.2) is 24.3 Å². The molecule has 28 heavy (non-hydrogen) atoms. The van der Waals surface area contributed by atoms with Crippen LogP contribution in [0.1, 0.15) is 30.1 Å². The highest BCUT2D eigenvalue weighted by Gasteiger charge is 2.30. The molecule has 2 aliphatic rings. The van der Waals surface area contributed by atoms with Crippen molar-refractivity contribution in [1.29, 1.82) is 0 Å². The maximum atomic E-state index is 12.6. The van der Waals surface area contributed by atoms with Gasteiger partial charge >= 0.3 is 5.97 Å². The molecule has 8 heteroatoms. The van der Waals surface area contributed by atoms with Crippen molar-refractivity contribution in [2.75, 3.05) is 51.3 Å². The van der Waals surface area contributed by atoms with E-state index in [4.69, 9.17) is 21.7 Å². The molecule has 0 atom stereocenters. The average Bonchev–Trinajstić information content (AvgIpc) is 2.74. The summed E-state index contributed by atoms with van der Waals surface area (Å²) >= 11 is 5.52. The van der Waals surface area contributed by atoms with Gasteiger partial charge in [0.15, 0.2) is 5.11 Å². The summed E-state index contributed by atoms with van der Waals surface area (Å²) in [6.45, 7) is 6.31. The highest BCUT2D eigenvalue weighted by molar-refractivity contribution is 7.80. The van der Waals surface area contributed by atoms with Crippen LogP contribution in [0.3, 0.4) is 0 Å². The number of morpholine rings is 1. The fraction of sp³-hybridized carbons (Fsp3) is 0.550. The highest BCUT2D eigenvalue weighted by Crippen LogP contribution is 2.21. The molecule has 0 saturated carbocycles. The van der Waals surface area contributed by atoms with Gasteiger partial charge in [-0.1, -0.05) is 0 Å². The third-order valence-electron chi connectivity index (χ3n) is 5.10. The third kappa shape index (κ3) is 5.20. The molecule has 0 aromatic heterocycles. The number of nitrogens with one attached hydrogen (secondary N) is 1. The second-order valence-electron chi connectivity index (χ2n) is 6.93. The monoisotopic (exact) mass is 405 g/mol. The lowest BCUT2D eigenvalue weighted by Crippen LogP contribution is -2.48. The van der Waals surface area contributed by atoms with Crippen molar-refractivity contribution in [2.24, 2.45) is 5.92 Å². The highest BCUT2D eigenvalue weighted by atomic mass is 32.1. The Morgan fingerprint density at radius 2 is 1.75 bits per heavy atom. The summed E-state index contributed by atoms with van der Waals surface area (Å²) in [6, 6.07) is 7.06. The van der Waals surface area contributed by atoms with Crippen molar-refractivity contribution in [3.8, 4) is 0 Å². The van der Waals surface area contributed by atoms with E-state index in [1.807, 2.05) is 17.0 Å². The fourth-order valence-corrected chi connectivity index (χ4v) is 3.78. The summed E-state index contributed by atoms with van der Waals surface area (Å²) in [4.78, 5) is 28.3. The first-order valence-corrected chi connectivity index (χ1v) is 10.2. The van der Waals surface area contributed by atoms with Gasteiger partial charge in [0.1, 0.15) is 0 Å². The smallest absolute Gasteiger partial charge is 0.338 e. The number of esters is 1. The zero-order valence-electron chi connectivity index (χ0n) is 16.2. The number of anilines is 1. The van der Waals surface area contributed by atoms with Crippen molar-refractivity contribution >= 4 is 34.9 Å². The summed E-state index contributed by atoms with van der Waals surface area (Å²) in [5.41, 5.74) is 1.34. The number of rotatable bonds is 4. The average molecular weight is 406 g/mol. The van der Waals surface area contributed by atoms with E-state index in [1.54, 1.807) is 19.1 Å². The summed E-state index contributed by atoms with van der Waals surface area (Å²) in [5.74, 6) is -0.0129. The lowest BCUT2D eigenvalue weighted by Gasteiger charge is -2.36. The van der Waals surface area contributed by atoms with Gasteiger partial charge in [0.2, 0.25) is 5.91 Å². The minimum atomic E-state index is -0.330. The van der Waals surface area contributed by atoms with E-state index in [0.717, 1.165) is 31.6 Å². The second kappa shape index (κ2) is 9.84. The minimum absolute atomic E-state index is 0.0704. The van der Waals surface area contributed by atoms with Gasteiger partial charge < -0.3 is 24.6 Å². The van der Waals surface area contributed by atoms with Crippen molar-refractivity contribution in [3.63, 3.8) is 0 Å². The largest absolute Gasteiger partial charge is 0.462 e. The van der Waals surface area contributed by atoms with Crippen LogP contribution in [0.4, 0.5) is 5.69 Å². The molecular formula is C20H27N3O4S. The Kier molecular flexibility index (Phi) is 7.22. The van der Waals surface area contributed by atoms with E-state index in [2.05, 4.69) is 10.2 Å². The molecule has 0 radical (unpaired) electrons. The van der Waals surface area contributed by atoms with Crippen LogP contribution in [-0.4, -0.2) is 72.8 Å². The van der Waals surface area contributed by atoms with Crippen molar-refractivity contribution in [3.05, 3.63) is 29.8 Å². The van der Waals surface area contributed by atoms with Crippen LogP contribution < -0.4 is 5.32 Å². The molecule has 1 aromatic rings. The molecule has 0 aliphatic carbocycles. The molecule has 7 nitrogen and oxygen atoms in total. The van der Waals surface area contributed by atoms with Gasteiger partial charge in [0, 0.05) is 37.8 Å². The quantitative estimate of drug-likeness (QED) is 0.608. The summed E-state index contributed by atoms with van der Waals surface area (Å²) in [6.07, 6.45) is 1.61. The normalized spacial score (nSPS) is 17.9. The summed E-state index contributed by atoms with van der Waals surface area (Å²) in [5, 5.41) is 3.85. The van der Waals surface area contributed by atoms with Gasteiger partial charge in [-0.15, -0.1) is 0 Å².